The van der Waals surface area contributed by atoms with Crippen LogP contribution in [0.1, 0.15) is 23.4 Å². The third-order valence-electron chi connectivity index (χ3n) is 3.52. The number of hydrogen-bond acceptors (Lipinski definition) is 3. The predicted molar refractivity (Wildman–Crippen MR) is 88.2 cm³/mol. The van der Waals surface area contributed by atoms with Crippen LogP contribution in [0.2, 0.25) is 0 Å². The summed E-state index contributed by atoms with van der Waals surface area (Å²) in [6.07, 6.45) is 2.58. The molecule has 23 heavy (non-hydrogen) atoms. The van der Waals surface area contributed by atoms with Gasteiger partial charge in [0.15, 0.2) is 0 Å². The Kier molecular flexibility index (Phi) is 4.57. The van der Waals surface area contributed by atoms with Crippen LogP contribution in [0.5, 0.6) is 0 Å². The van der Waals surface area contributed by atoms with Crippen molar-refractivity contribution < 1.29 is 9.21 Å². The van der Waals surface area contributed by atoms with Gasteiger partial charge in [0.05, 0.1) is 18.5 Å². The van der Waals surface area contributed by atoms with Gasteiger partial charge in [-0.1, -0.05) is 30.3 Å². The van der Waals surface area contributed by atoms with Crippen LogP contribution in [-0.4, -0.2) is 15.7 Å². The number of benzene rings is 1. The molecule has 0 aliphatic heterocycles. The molecule has 1 aromatic carbocycles. The van der Waals surface area contributed by atoms with Gasteiger partial charge in [0, 0.05) is 18.9 Å². The summed E-state index contributed by atoms with van der Waals surface area (Å²) in [5, 5.41) is 7.39. The smallest absolute Gasteiger partial charge is 0.225 e. The molecule has 1 amide bonds. The monoisotopic (exact) mass is 309 g/mol. The fraction of sp³-hybridized carbons (Fsp3) is 0.222. The Bertz CT molecular complexity index is 761. The summed E-state index contributed by atoms with van der Waals surface area (Å²) in [4.78, 5) is 12.1. The zero-order valence-electron chi connectivity index (χ0n) is 13.0. The maximum atomic E-state index is 12.1. The van der Waals surface area contributed by atoms with Gasteiger partial charge in [0.1, 0.15) is 11.6 Å². The van der Waals surface area contributed by atoms with Gasteiger partial charge in [-0.2, -0.15) is 5.10 Å². The van der Waals surface area contributed by atoms with Crippen molar-refractivity contribution >= 4 is 11.7 Å². The first-order valence-electron chi connectivity index (χ1n) is 7.61. The molecular weight excluding hydrogens is 290 g/mol. The molecule has 0 saturated carbocycles. The number of nitrogens with zero attached hydrogens (tertiary/aromatic N) is 2. The third kappa shape index (κ3) is 4.10. The Balaban J connectivity index is 1.64. The van der Waals surface area contributed by atoms with Gasteiger partial charge in [0.2, 0.25) is 5.91 Å². The lowest BCUT2D eigenvalue weighted by molar-refractivity contribution is -0.116. The minimum Gasteiger partial charge on any atom is -0.469 e. The molecule has 0 aliphatic rings. The van der Waals surface area contributed by atoms with E-state index in [1.807, 2.05) is 60.1 Å². The van der Waals surface area contributed by atoms with Crippen LogP contribution in [0.25, 0.3) is 0 Å². The summed E-state index contributed by atoms with van der Waals surface area (Å²) in [7, 11) is 0. The lowest BCUT2D eigenvalue weighted by Crippen LogP contribution is -2.16. The second-order valence-corrected chi connectivity index (χ2v) is 5.44. The van der Waals surface area contributed by atoms with Crippen LogP contribution < -0.4 is 5.32 Å². The molecule has 0 aliphatic carbocycles. The quantitative estimate of drug-likeness (QED) is 0.759. The van der Waals surface area contributed by atoms with Crippen molar-refractivity contribution in [1.29, 1.82) is 0 Å². The second kappa shape index (κ2) is 6.96. The van der Waals surface area contributed by atoms with Crippen molar-refractivity contribution in [3.05, 3.63) is 71.8 Å². The van der Waals surface area contributed by atoms with Crippen LogP contribution in [0.4, 0.5) is 5.82 Å². The van der Waals surface area contributed by atoms with E-state index in [4.69, 9.17) is 4.42 Å². The molecule has 2 heterocycles. The number of hydrogen-bond donors (Lipinski definition) is 1. The van der Waals surface area contributed by atoms with E-state index in [-0.39, 0.29) is 5.91 Å². The first-order chi connectivity index (χ1) is 11.2. The van der Waals surface area contributed by atoms with Gasteiger partial charge in [-0.3, -0.25) is 4.79 Å². The second-order valence-electron chi connectivity index (χ2n) is 5.44. The normalized spacial score (nSPS) is 10.7. The van der Waals surface area contributed by atoms with E-state index in [9.17, 15) is 4.79 Å². The molecule has 5 nitrogen and oxygen atoms in total. The van der Waals surface area contributed by atoms with E-state index in [1.54, 1.807) is 6.26 Å². The molecule has 1 N–H and O–H groups in total. The van der Waals surface area contributed by atoms with Crippen LogP contribution >= 0.6 is 0 Å². The predicted octanol–water partition coefficient (Wildman–Crippen LogP) is 3.40. The third-order valence-corrected chi connectivity index (χ3v) is 3.52. The molecular formula is C18H19N3O2. The van der Waals surface area contributed by atoms with E-state index >= 15 is 0 Å². The fourth-order valence-corrected chi connectivity index (χ4v) is 2.42. The molecule has 0 atom stereocenters. The molecule has 3 rings (SSSR count). The fourth-order valence-electron chi connectivity index (χ4n) is 2.42. The Hall–Kier alpha value is -2.82. The summed E-state index contributed by atoms with van der Waals surface area (Å²) >= 11 is 0. The summed E-state index contributed by atoms with van der Waals surface area (Å²) in [5.74, 6) is 1.49. The number of amides is 1. The number of aromatic nitrogens is 2. The van der Waals surface area contributed by atoms with E-state index in [1.165, 1.54) is 0 Å². The van der Waals surface area contributed by atoms with Gasteiger partial charge in [0.25, 0.3) is 0 Å². The number of anilines is 1. The number of furan rings is 1. The molecule has 0 unspecified atom stereocenters. The van der Waals surface area contributed by atoms with Gasteiger partial charge in [-0.15, -0.1) is 0 Å². The molecule has 5 heteroatoms. The number of aryl methyl sites for hydroxylation is 2. The van der Waals surface area contributed by atoms with Crippen molar-refractivity contribution in [1.82, 2.24) is 9.78 Å². The average molecular weight is 309 g/mol. The topological polar surface area (TPSA) is 60.1 Å². The number of nitrogens with one attached hydrogen (secondary N) is 1. The van der Waals surface area contributed by atoms with Crippen molar-refractivity contribution in [2.45, 2.75) is 26.3 Å². The highest BCUT2D eigenvalue weighted by Gasteiger charge is 2.10. The minimum absolute atomic E-state index is 0.0457. The summed E-state index contributed by atoms with van der Waals surface area (Å²) in [6, 6.07) is 15.6. The van der Waals surface area contributed by atoms with Crippen LogP contribution in [0.3, 0.4) is 0 Å². The van der Waals surface area contributed by atoms with Gasteiger partial charge >= 0.3 is 0 Å². The highest BCUT2D eigenvalue weighted by molar-refractivity contribution is 5.90. The maximum absolute atomic E-state index is 12.1. The molecule has 0 fully saturated rings. The molecule has 0 saturated heterocycles. The van der Waals surface area contributed by atoms with Crippen LogP contribution in [0.15, 0.2) is 59.2 Å². The summed E-state index contributed by atoms with van der Waals surface area (Å²) < 4.78 is 7.06. The van der Waals surface area contributed by atoms with Crippen molar-refractivity contribution in [3.63, 3.8) is 0 Å². The molecule has 0 bridgehead atoms. The van der Waals surface area contributed by atoms with E-state index in [0.29, 0.717) is 19.4 Å². The molecule has 0 radical (unpaired) electrons. The van der Waals surface area contributed by atoms with Gasteiger partial charge in [-0.05, 0) is 24.6 Å². The highest BCUT2D eigenvalue weighted by atomic mass is 16.3. The average Bonchev–Trinajstić information content (AvgIpc) is 3.17. The van der Waals surface area contributed by atoms with E-state index < -0.39 is 0 Å². The van der Waals surface area contributed by atoms with Crippen molar-refractivity contribution in [2.24, 2.45) is 0 Å². The molecule has 3 aromatic rings. The Morgan fingerprint density at radius 2 is 2.04 bits per heavy atom. The highest BCUT2D eigenvalue weighted by Crippen LogP contribution is 2.14. The van der Waals surface area contributed by atoms with Crippen molar-refractivity contribution in [2.75, 3.05) is 5.32 Å². The zero-order valence-corrected chi connectivity index (χ0v) is 13.0. The number of rotatable bonds is 6. The lowest BCUT2D eigenvalue weighted by Gasteiger charge is -2.09. The Morgan fingerprint density at radius 3 is 2.78 bits per heavy atom. The number of carbonyl (C=O) groups excluding carboxylic acids is 1. The Labute approximate surface area is 134 Å². The standard InChI is InChI=1S/C18H19N3O2/c1-14-12-17(19-18(22)10-9-16-8-5-11-23-16)21(20-14)13-15-6-3-2-4-7-15/h2-8,11-12H,9-10,13H2,1H3,(H,19,22). The van der Waals surface area contributed by atoms with Gasteiger partial charge < -0.3 is 9.73 Å². The Morgan fingerprint density at radius 1 is 1.22 bits per heavy atom. The van der Waals surface area contributed by atoms with Crippen molar-refractivity contribution in [3.8, 4) is 0 Å². The molecule has 0 spiro atoms. The SMILES string of the molecule is Cc1cc(NC(=O)CCc2ccco2)n(Cc2ccccc2)n1. The lowest BCUT2D eigenvalue weighted by atomic mass is 10.2. The van der Waals surface area contributed by atoms with Crippen LogP contribution in [-0.2, 0) is 17.8 Å². The van der Waals surface area contributed by atoms with Crippen LogP contribution in [0, 0.1) is 6.92 Å². The summed E-state index contributed by atoms with van der Waals surface area (Å²) in [5.41, 5.74) is 2.02. The first kappa shape index (κ1) is 15.1. The van der Waals surface area contributed by atoms with E-state index in [0.717, 1.165) is 22.8 Å². The van der Waals surface area contributed by atoms with Gasteiger partial charge in [-0.25, -0.2) is 4.68 Å². The molecule has 2 aromatic heterocycles. The molecule has 118 valence electrons. The number of carbonyl (C=O) groups is 1. The maximum Gasteiger partial charge on any atom is 0.225 e. The first-order valence-corrected chi connectivity index (χ1v) is 7.61. The van der Waals surface area contributed by atoms with E-state index in [2.05, 4.69) is 10.4 Å². The summed E-state index contributed by atoms with van der Waals surface area (Å²) in [6.45, 7) is 2.54. The largest absolute Gasteiger partial charge is 0.469 e. The minimum atomic E-state index is -0.0457. The zero-order chi connectivity index (χ0) is 16.1.